The standard InChI is InChI=1S/C25H20N2O4/c26-14-17-8-2-1-7-16(17)13-23(24(28)29)27-25(30)31-15-22-20-11-5-3-9-18(20)19-10-4-6-12-21(19)22/h1-12,22-23H,13,15H2,(H,27,30)(H,28,29)/p-1/t23-/m1/s1. The first-order valence-electron chi connectivity index (χ1n) is 9.89. The molecular formula is C25H19N2O4-. The minimum Gasteiger partial charge on any atom is -0.548 e. The molecule has 1 amide bonds. The lowest BCUT2D eigenvalue weighted by Gasteiger charge is -2.21. The van der Waals surface area contributed by atoms with Crippen molar-refractivity contribution in [3.05, 3.63) is 95.1 Å². The number of carboxylic acid groups (broad SMARTS) is 1. The second-order valence-corrected chi connectivity index (χ2v) is 7.31. The number of carboxylic acids is 1. The van der Waals surface area contributed by atoms with Crippen molar-refractivity contribution < 1.29 is 19.4 Å². The molecule has 0 unspecified atom stereocenters. The van der Waals surface area contributed by atoms with Crippen LogP contribution < -0.4 is 10.4 Å². The summed E-state index contributed by atoms with van der Waals surface area (Å²) in [4.78, 5) is 24.0. The van der Waals surface area contributed by atoms with Crippen LogP contribution in [0.3, 0.4) is 0 Å². The van der Waals surface area contributed by atoms with Gasteiger partial charge < -0.3 is 20.0 Å². The molecule has 6 nitrogen and oxygen atoms in total. The molecule has 0 radical (unpaired) electrons. The molecule has 1 N–H and O–H groups in total. The first-order chi connectivity index (χ1) is 15.1. The van der Waals surface area contributed by atoms with E-state index in [1.165, 1.54) is 0 Å². The third-order valence-electron chi connectivity index (χ3n) is 5.48. The number of carbonyl (C=O) groups is 2. The number of rotatable bonds is 6. The molecule has 3 aromatic rings. The fraction of sp³-hybridized carbons (Fsp3) is 0.160. The van der Waals surface area contributed by atoms with E-state index >= 15 is 0 Å². The number of hydrogen-bond acceptors (Lipinski definition) is 5. The first-order valence-corrected chi connectivity index (χ1v) is 9.89. The van der Waals surface area contributed by atoms with Crippen LogP contribution in [0.2, 0.25) is 0 Å². The minimum atomic E-state index is -1.44. The van der Waals surface area contributed by atoms with E-state index in [4.69, 9.17) is 4.74 Å². The Bertz CT molecular complexity index is 1140. The number of nitriles is 1. The zero-order chi connectivity index (χ0) is 21.8. The summed E-state index contributed by atoms with van der Waals surface area (Å²) >= 11 is 0. The number of alkyl carbamates (subject to hydrolysis) is 1. The van der Waals surface area contributed by atoms with Gasteiger partial charge in [-0.3, -0.25) is 0 Å². The fourth-order valence-corrected chi connectivity index (χ4v) is 4.00. The number of nitrogens with one attached hydrogen (secondary N) is 1. The number of aliphatic carboxylic acids is 1. The summed E-state index contributed by atoms with van der Waals surface area (Å²) in [5.41, 5.74) is 5.20. The van der Waals surface area contributed by atoms with Crippen molar-refractivity contribution in [2.24, 2.45) is 0 Å². The summed E-state index contributed by atoms with van der Waals surface area (Å²) in [6.45, 7) is 0.0778. The van der Waals surface area contributed by atoms with Gasteiger partial charge in [0, 0.05) is 5.92 Å². The molecule has 0 fully saturated rings. The SMILES string of the molecule is N#Cc1ccccc1C[C@@H](NC(=O)OCC1c2ccccc2-c2ccccc21)C(=O)[O-]. The third kappa shape index (κ3) is 4.12. The molecule has 3 aromatic carbocycles. The van der Waals surface area contributed by atoms with E-state index in [1.54, 1.807) is 24.3 Å². The highest BCUT2D eigenvalue weighted by Crippen LogP contribution is 2.44. The molecule has 6 heteroatoms. The molecule has 0 bridgehead atoms. The highest BCUT2D eigenvalue weighted by Gasteiger charge is 2.29. The van der Waals surface area contributed by atoms with Gasteiger partial charge in [-0.1, -0.05) is 66.7 Å². The maximum atomic E-state index is 12.4. The third-order valence-corrected chi connectivity index (χ3v) is 5.48. The number of fused-ring (bicyclic) bond motifs is 3. The highest BCUT2D eigenvalue weighted by molar-refractivity contribution is 5.80. The molecule has 0 aromatic heterocycles. The van der Waals surface area contributed by atoms with E-state index in [-0.39, 0.29) is 18.9 Å². The summed E-state index contributed by atoms with van der Waals surface area (Å²) in [6, 6.07) is 23.2. The van der Waals surface area contributed by atoms with Gasteiger partial charge in [0.05, 0.1) is 23.6 Å². The van der Waals surface area contributed by atoms with Gasteiger partial charge in [0.25, 0.3) is 0 Å². The molecule has 1 aliphatic rings. The van der Waals surface area contributed by atoms with Gasteiger partial charge in [-0.25, -0.2) is 4.79 Å². The summed E-state index contributed by atoms with van der Waals surface area (Å²) in [5.74, 6) is -1.57. The normalized spacial score (nSPS) is 12.9. The van der Waals surface area contributed by atoms with Crippen LogP contribution in [0.4, 0.5) is 4.79 Å². The van der Waals surface area contributed by atoms with E-state index < -0.39 is 18.1 Å². The van der Waals surface area contributed by atoms with Crippen molar-refractivity contribution >= 4 is 12.1 Å². The fourth-order valence-electron chi connectivity index (χ4n) is 4.00. The molecule has 1 aliphatic carbocycles. The van der Waals surface area contributed by atoms with Crippen LogP contribution in [-0.4, -0.2) is 24.7 Å². The smallest absolute Gasteiger partial charge is 0.407 e. The van der Waals surface area contributed by atoms with E-state index in [9.17, 15) is 20.0 Å². The Kier molecular flexibility index (Phi) is 5.67. The van der Waals surface area contributed by atoms with Gasteiger partial charge >= 0.3 is 6.09 Å². The predicted molar refractivity (Wildman–Crippen MR) is 112 cm³/mol. The van der Waals surface area contributed by atoms with Gasteiger partial charge in [-0.2, -0.15) is 5.26 Å². The summed E-state index contributed by atoms with van der Waals surface area (Å²) in [5, 5.41) is 23.1. The number of hydrogen-bond donors (Lipinski definition) is 1. The number of benzene rings is 3. The summed E-state index contributed by atoms with van der Waals surface area (Å²) < 4.78 is 5.41. The van der Waals surface area contributed by atoms with Crippen LogP contribution in [0.25, 0.3) is 11.1 Å². The van der Waals surface area contributed by atoms with Crippen LogP contribution in [-0.2, 0) is 16.0 Å². The quantitative estimate of drug-likeness (QED) is 0.672. The van der Waals surface area contributed by atoms with E-state index in [2.05, 4.69) is 5.32 Å². The van der Waals surface area contributed by atoms with Crippen LogP contribution in [0, 0.1) is 11.3 Å². The van der Waals surface area contributed by atoms with Crippen molar-refractivity contribution in [2.75, 3.05) is 6.61 Å². The van der Waals surface area contributed by atoms with Gasteiger partial charge in [0.2, 0.25) is 0 Å². The van der Waals surface area contributed by atoms with Gasteiger partial charge in [-0.05, 0) is 40.3 Å². The lowest BCUT2D eigenvalue weighted by atomic mass is 9.98. The Morgan fingerprint density at radius 1 is 0.968 bits per heavy atom. The number of amides is 1. The maximum absolute atomic E-state index is 12.4. The van der Waals surface area contributed by atoms with Crippen molar-refractivity contribution in [1.82, 2.24) is 5.32 Å². The number of ether oxygens (including phenoxy) is 1. The Labute approximate surface area is 179 Å². The Morgan fingerprint density at radius 2 is 1.55 bits per heavy atom. The van der Waals surface area contributed by atoms with Crippen molar-refractivity contribution in [1.29, 1.82) is 5.26 Å². The number of carbonyl (C=O) groups excluding carboxylic acids is 2. The van der Waals surface area contributed by atoms with Gasteiger partial charge in [-0.15, -0.1) is 0 Å². The average Bonchev–Trinajstić information content (AvgIpc) is 3.11. The van der Waals surface area contributed by atoms with E-state index in [0.717, 1.165) is 22.3 Å². The summed E-state index contributed by atoms with van der Waals surface area (Å²) in [7, 11) is 0. The average molecular weight is 411 g/mol. The van der Waals surface area contributed by atoms with Crippen LogP contribution >= 0.6 is 0 Å². The lowest BCUT2D eigenvalue weighted by molar-refractivity contribution is -0.308. The van der Waals surface area contributed by atoms with E-state index in [1.807, 2.05) is 54.6 Å². The molecular weight excluding hydrogens is 392 g/mol. The van der Waals surface area contributed by atoms with Crippen molar-refractivity contribution in [3.63, 3.8) is 0 Å². The Morgan fingerprint density at radius 3 is 2.16 bits per heavy atom. The molecule has 31 heavy (non-hydrogen) atoms. The van der Waals surface area contributed by atoms with Crippen molar-refractivity contribution in [3.8, 4) is 17.2 Å². The predicted octanol–water partition coefficient (Wildman–Crippen LogP) is 2.76. The van der Waals surface area contributed by atoms with Crippen LogP contribution in [0.1, 0.15) is 28.2 Å². The second kappa shape index (κ2) is 8.72. The Balaban J connectivity index is 1.45. The highest BCUT2D eigenvalue weighted by atomic mass is 16.5. The van der Waals surface area contributed by atoms with Crippen LogP contribution in [0.15, 0.2) is 72.8 Å². The molecule has 1 atom stereocenters. The molecule has 154 valence electrons. The zero-order valence-corrected chi connectivity index (χ0v) is 16.6. The van der Waals surface area contributed by atoms with Crippen LogP contribution in [0.5, 0.6) is 0 Å². The van der Waals surface area contributed by atoms with Gasteiger partial charge in [0.1, 0.15) is 6.61 Å². The molecule has 4 rings (SSSR count). The monoisotopic (exact) mass is 411 g/mol. The van der Waals surface area contributed by atoms with E-state index in [0.29, 0.717) is 11.1 Å². The topological polar surface area (TPSA) is 102 Å². The molecule has 0 aliphatic heterocycles. The summed E-state index contributed by atoms with van der Waals surface area (Å²) in [6.07, 6.45) is -0.915. The molecule has 0 saturated carbocycles. The number of nitrogens with zero attached hydrogens (tertiary/aromatic N) is 1. The minimum absolute atomic E-state index is 0.0732. The van der Waals surface area contributed by atoms with Crippen molar-refractivity contribution in [2.45, 2.75) is 18.4 Å². The largest absolute Gasteiger partial charge is 0.548 e. The van der Waals surface area contributed by atoms with Gasteiger partial charge in [0.15, 0.2) is 0 Å². The Hall–Kier alpha value is -4.11. The zero-order valence-electron chi connectivity index (χ0n) is 16.6. The molecule has 0 spiro atoms. The second-order valence-electron chi connectivity index (χ2n) is 7.31. The molecule has 0 heterocycles. The lowest BCUT2D eigenvalue weighted by Crippen LogP contribution is -2.49. The first kappa shape index (κ1) is 20.2. The maximum Gasteiger partial charge on any atom is 0.407 e. The molecule has 0 saturated heterocycles.